The third-order valence-corrected chi connectivity index (χ3v) is 4.03. The molecular weight excluding hydrogens is 268 g/mol. The Morgan fingerprint density at radius 1 is 1.32 bits per heavy atom. The van der Waals surface area contributed by atoms with Gasteiger partial charge in [0, 0.05) is 6.07 Å². The van der Waals surface area contributed by atoms with E-state index in [-0.39, 0.29) is 18.3 Å². The fraction of sp³-hybridized carbons (Fsp3) is 0.385. The summed E-state index contributed by atoms with van der Waals surface area (Å²) in [6, 6.07) is 5.23. The van der Waals surface area contributed by atoms with Crippen LogP contribution in [0.3, 0.4) is 0 Å². The molecule has 5 nitrogen and oxygen atoms in total. The Morgan fingerprint density at radius 3 is 2.89 bits per heavy atom. The molecule has 2 rings (SSSR count). The van der Waals surface area contributed by atoms with E-state index >= 15 is 0 Å². The van der Waals surface area contributed by atoms with Gasteiger partial charge in [0.05, 0.1) is 12.4 Å². The van der Waals surface area contributed by atoms with Gasteiger partial charge in [-0.1, -0.05) is 5.92 Å². The second kappa shape index (κ2) is 5.85. The van der Waals surface area contributed by atoms with E-state index in [2.05, 4.69) is 5.92 Å². The Morgan fingerprint density at radius 2 is 2.11 bits per heavy atom. The maximum atomic E-state index is 11.4. The van der Waals surface area contributed by atoms with Crippen LogP contribution in [0, 0.1) is 12.3 Å². The highest BCUT2D eigenvalue weighted by molar-refractivity contribution is 7.91. The highest BCUT2D eigenvalue weighted by Crippen LogP contribution is 2.35. The van der Waals surface area contributed by atoms with Crippen LogP contribution in [0.25, 0.3) is 0 Å². The summed E-state index contributed by atoms with van der Waals surface area (Å²) in [6.07, 6.45) is 5.38. The Labute approximate surface area is 112 Å². The van der Waals surface area contributed by atoms with Gasteiger partial charge in [0.2, 0.25) is 6.79 Å². The van der Waals surface area contributed by atoms with Crippen LogP contribution >= 0.6 is 0 Å². The fourth-order valence-corrected chi connectivity index (χ4v) is 2.59. The van der Waals surface area contributed by atoms with Gasteiger partial charge in [0.25, 0.3) is 0 Å². The van der Waals surface area contributed by atoms with Gasteiger partial charge in [-0.25, -0.2) is 8.42 Å². The van der Waals surface area contributed by atoms with Gasteiger partial charge in [0.15, 0.2) is 21.3 Å². The molecule has 0 amide bonds. The summed E-state index contributed by atoms with van der Waals surface area (Å²) in [5.41, 5.74) is 0. The lowest BCUT2D eigenvalue weighted by Crippen LogP contribution is -2.12. The predicted molar refractivity (Wildman–Crippen MR) is 70.2 cm³/mol. The molecule has 0 aromatic heterocycles. The zero-order valence-corrected chi connectivity index (χ0v) is 11.1. The second-order valence-corrected chi connectivity index (χ2v) is 6.20. The molecule has 1 aromatic carbocycles. The molecular formula is C13H14O5S. The number of hydrogen-bond acceptors (Lipinski definition) is 5. The zero-order valence-electron chi connectivity index (χ0n) is 10.3. The lowest BCUT2D eigenvalue weighted by atomic mass is 10.3. The van der Waals surface area contributed by atoms with Crippen molar-refractivity contribution in [1.29, 1.82) is 0 Å². The average molecular weight is 282 g/mol. The van der Waals surface area contributed by atoms with Crippen molar-refractivity contribution in [2.24, 2.45) is 0 Å². The first-order valence-electron chi connectivity index (χ1n) is 5.77. The van der Waals surface area contributed by atoms with Crippen molar-refractivity contribution in [3.8, 4) is 29.6 Å². The minimum absolute atomic E-state index is 0.0295. The van der Waals surface area contributed by atoms with Gasteiger partial charge < -0.3 is 14.2 Å². The number of ether oxygens (including phenoxy) is 3. The monoisotopic (exact) mass is 282 g/mol. The molecule has 0 bridgehead atoms. The van der Waals surface area contributed by atoms with E-state index < -0.39 is 9.84 Å². The lowest BCUT2D eigenvalue weighted by Gasteiger charge is -2.06. The first kappa shape index (κ1) is 13.6. The highest BCUT2D eigenvalue weighted by atomic mass is 32.2. The van der Waals surface area contributed by atoms with Gasteiger partial charge in [0.1, 0.15) is 11.5 Å². The molecule has 1 aliphatic rings. The van der Waals surface area contributed by atoms with Crippen molar-refractivity contribution in [2.75, 3.05) is 24.9 Å². The van der Waals surface area contributed by atoms with Gasteiger partial charge >= 0.3 is 0 Å². The Kier molecular flexibility index (Phi) is 4.17. The number of hydrogen-bond donors (Lipinski definition) is 0. The van der Waals surface area contributed by atoms with Crippen LogP contribution < -0.4 is 14.2 Å². The Bertz CT molecular complexity index is 586. The van der Waals surface area contributed by atoms with Crippen LogP contribution in [0.1, 0.15) is 6.42 Å². The molecule has 0 fully saturated rings. The summed E-state index contributed by atoms with van der Waals surface area (Å²) in [6.45, 7) is 0.520. The summed E-state index contributed by atoms with van der Waals surface area (Å²) in [4.78, 5) is 0. The molecule has 0 saturated carbocycles. The number of benzene rings is 1. The maximum absolute atomic E-state index is 11.4. The summed E-state index contributed by atoms with van der Waals surface area (Å²) in [5.74, 6) is 3.88. The minimum Gasteiger partial charge on any atom is -0.493 e. The number of terminal acetylenes is 1. The standard InChI is InChI=1S/C13H14O5S/c1-2-7-19(14,15)8-3-6-16-11-4-5-12-13(9-11)18-10-17-12/h1,4-5,9H,3,6-8,10H2. The van der Waals surface area contributed by atoms with E-state index in [0.717, 1.165) is 0 Å². The largest absolute Gasteiger partial charge is 0.493 e. The molecule has 0 aliphatic carbocycles. The van der Waals surface area contributed by atoms with Crippen LogP contribution in [-0.2, 0) is 9.84 Å². The third kappa shape index (κ3) is 3.80. The minimum atomic E-state index is -3.16. The molecule has 1 aliphatic heterocycles. The molecule has 102 valence electrons. The van der Waals surface area contributed by atoms with E-state index in [4.69, 9.17) is 20.6 Å². The molecule has 19 heavy (non-hydrogen) atoms. The second-order valence-electron chi connectivity index (χ2n) is 4.01. The van der Waals surface area contributed by atoms with E-state index in [1.807, 2.05) is 0 Å². The van der Waals surface area contributed by atoms with Crippen LogP contribution in [0.2, 0.25) is 0 Å². The first-order chi connectivity index (χ1) is 9.11. The van der Waals surface area contributed by atoms with Gasteiger partial charge in [-0.3, -0.25) is 0 Å². The van der Waals surface area contributed by atoms with Crippen molar-refractivity contribution in [1.82, 2.24) is 0 Å². The average Bonchev–Trinajstić information content (AvgIpc) is 2.82. The van der Waals surface area contributed by atoms with Crippen LogP contribution in [0.4, 0.5) is 0 Å². The topological polar surface area (TPSA) is 61.8 Å². The van der Waals surface area contributed by atoms with Gasteiger partial charge in [-0.15, -0.1) is 6.42 Å². The SMILES string of the molecule is C#CCS(=O)(=O)CCCOc1ccc2c(c1)OCO2. The number of rotatable bonds is 6. The highest BCUT2D eigenvalue weighted by Gasteiger charge is 2.14. The molecule has 1 heterocycles. The van der Waals surface area contributed by atoms with E-state index in [9.17, 15) is 8.42 Å². The normalized spacial score (nSPS) is 13.0. The maximum Gasteiger partial charge on any atom is 0.231 e. The molecule has 1 aromatic rings. The Balaban J connectivity index is 1.79. The molecule has 0 saturated heterocycles. The summed E-state index contributed by atoms with van der Waals surface area (Å²) >= 11 is 0. The molecule has 0 N–H and O–H groups in total. The van der Waals surface area contributed by atoms with Crippen LogP contribution in [0.5, 0.6) is 17.2 Å². The van der Waals surface area contributed by atoms with Crippen LogP contribution in [0.15, 0.2) is 18.2 Å². The summed E-state index contributed by atoms with van der Waals surface area (Å²) < 4.78 is 38.6. The van der Waals surface area contributed by atoms with Crippen molar-refractivity contribution in [2.45, 2.75) is 6.42 Å². The third-order valence-electron chi connectivity index (χ3n) is 2.52. The van der Waals surface area contributed by atoms with Crippen molar-refractivity contribution in [3.63, 3.8) is 0 Å². The smallest absolute Gasteiger partial charge is 0.231 e. The van der Waals surface area contributed by atoms with Gasteiger partial charge in [-0.05, 0) is 18.6 Å². The number of fused-ring (bicyclic) bond motifs is 1. The van der Waals surface area contributed by atoms with E-state index in [1.54, 1.807) is 18.2 Å². The molecule has 0 atom stereocenters. The summed E-state index contributed by atoms with van der Waals surface area (Å²) in [7, 11) is -3.16. The van der Waals surface area contributed by atoms with Crippen molar-refractivity contribution >= 4 is 9.84 Å². The number of sulfone groups is 1. The fourth-order valence-electron chi connectivity index (χ4n) is 1.63. The lowest BCUT2D eigenvalue weighted by molar-refractivity contribution is 0.173. The van der Waals surface area contributed by atoms with E-state index in [1.165, 1.54) is 0 Å². The molecule has 6 heteroatoms. The Hall–Kier alpha value is -1.87. The molecule has 0 spiro atoms. The predicted octanol–water partition coefficient (Wildman–Crippen LogP) is 1.23. The first-order valence-corrected chi connectivity index (χ1v) is 7.59. The quantitative estimate of drug-likeness (QED) is 0.580. The van der Waals surface area contributed by atoms with Crippen LogP contribution in [-0.4, -0.2) is 33.3 Å². The van der Waals surface area contributed by atoms with Crippen molar-refractivity contribution < 1.29 is 22.6 Å². The molecule has 0 radical (unpaired) electrons. The van der Waals surface area contributed by atoms with Crippen molar-refractivity contribution in [3.05, 3.63) is 18.2 Å². The summed E-state index contributed by atoms with van der Waals surface area (Å²) in [5, 5.41) is 0. The van der Waals surface area contributed by atoms with E-state index in [0.29, 0.717) is 30.3 Å². The van der Waals surface area contributed by atoms with Gasteiger partial charge in [-0.2, -0.15) is 0 Å². The zero-order chi connectivity index (χ0) is 13.7. The molecule has 0 unspecified atom stereocenters.